The molecule has 3 atom stereocenters. The van der Waals surface area contributed by atoms with Gasteiger partial charge in [-0.3, -0.25) is 4.79 Å². The minimum Gasteiger partial charge on any atom is -0.376 e. The number of hydrogen-bond acceptors (Lipinski definition) is 4. The van der Waals surface area contributed by atoms with Gasteiger partial charge in [-0.1, -0.05) is 11.6 Å². The van der Waals surface area contributed by atoms with Gasteiger partial charge in [-0.05, 0) is 50.3 Å². The zero-order valence-electron chi connectivity index (χ0n) is 13.0. The number of nitrogens with zero attached hydrogens (tertiary/aromatic N) is 1. The van der Waals surface area contributed by atoms with Crippen LogP contribution in [-0.4, -0.2) is 30.7 Å². The fourth-order valence-electron chi connectivity index (χ4n) is 3.01. The summed E-state index contributed by atoms with van der Waals surface area (Å²) in [6.07, 6.45) is 3.65. The third kappa shape index (κ3) is 3.84. The molecule has 1 amide bonds. The number of nitriles is 1. The Balaban J connectivity index is 1.57. The van der Waals surface area contributed by atoms with Crippen LogP contribution < -0.4 is 10.6 Å². The summed E-state index contributed by atoms with van der Waals surface area (Å²) in [5, 5.41) is 15.4. The maximum atomic E-state index is 12.3. The zero-order valence-corrected chi connectivity index (χ0v) is 13.8. The molecule has 0 bridgehead atoms. The van der Waals surface area contributed by atoms with Gasteiger partial charge >= 0.3 is 0 Å². The molecule has 1 aliphatic heterocycles. The lowest BCUT2D eigenvalue weighted by atomic mass is 10.1. The summed E-state index contributed by atoms with van der Waals surface area (Å²) in [7, 11) is 0. The number of carbonyl (C=O) groups excluding carboxylic acids is 1. The third-order valence-electron chi connectivity index (χ3n) is 4.44. The third-order valence-corrected chi connectivity index (χ3v) is 4.75. The van der Waals surface area contributed by atoms with Gasteiger partial charge in [-0.25, -0.2) is 0 Å². The monoisotopic (exact) mass is 333 g/mol. The number of amides is 1. The molecule has 0 aromatic heterocycles. The van der Waals surface area contributed by atoms with E-state index in [0.717, 1.165) is 13.0 Å². The molecule has 122 valence electrons. The standard InChI is InChI=1S/C17H20ClN3O2/c1-10(20-15-6-7-23-16(15)11-2-3-11)17(22)21-13-5-4-12(9-19)14(18)8-13/h4-5,8,10-11,15-16,20H,2-3,6-7H2,1H3,(H,21,22). The highest BCUT2D eigenvalue weighted by Crippen LogP contribution is 2.38. The van der Waals surface area contributed by atoms with Crippen LogP contribution in [0.15, 0.2) is 18.2 Å². The molecule has 1 saturated carbocycles. The molecule has 0 radical (unpaired) electrons. The Morgan fingerprint density at radius 1 is 1.43 bits per heavy atom. The number of carbonyl (C=O) groups is 1. The van der Waals surface area contributed by atoms with Crippen molar-refractivity contribution in [3.63, 3.8) is 0 Å². The number of anilines is 1. The lowest BCUT2D eigenvalue weighted by molar-refractivity contribution is -0.118. The van der Waals surface area contributed by atoms with Gasteiger partial charge in [0.15, 0.2) is 0 Å². The molecule has 1 aromatic carbocycles. The fraction of sp³-hybridized carbons (Fsp3) is 0.529. The van der Waals surface area contributed by atoms with E-state index in [4.69, 9.17) is 21.6 Å². The molecule has 23 heavy (non-hydrogen) atoms. The van der Waals surface area contributed by atoms with Crippen molar-refractivity contribution in [1.29, 1.82) is 5.26 Å². The van der Waals surface area contributed by atoms with Gasteiger partial charge in [0.05, 0.1) is 22.7 Å². The van der Waals surface area contributed by atoms with Crippen molar-refractivity contribution in [2.75, 3.05) is 11.9 Å². The summed E-state index contributed by atoms with van der Waals surface area (Å²) < 4.78 is 5.79. The van der Waals surface area contributed by atoms with Crippen molar-refractivity contribution >= 4 is 23.2 Å². The molecule has 0 spiro atoms. The summed E-state index contributed by atoms with van der Waals surface area (Å²) in [6, 6.07) is 6.79. The van der Waals surface area contributed by atoms with Crippen LogP contribution in [0.3, 0.4) is 0 Å². The number of nitrogens with one attached hydrogen (secondary N) is 2. The summed E-state index contributed by atoms with van der Waals surface area (Å²) in [6.45, 7) is 2.61. The molecule has 1 aliphatic carbocycles. The predicted molar refractivity (Wildman–Crippen MR) is 88.3 cm³/mol. The second-order valence-electron chi connectivity index (χ2n) is 6.25. The molecule has 6 heteroatoms. The summed E-state index contributed by atoms with van der Waals surface area (Å²) in [5.74, 6) is 0.537. The van der Waals surface area contributed by atoms with Gasteiger partial charge in [-0.2, -0.15) is 5.26 Å². The number of benzene rings is 1. The van der Waals surface area contributed by atoms with E-state index in [-0.39, 0.29) is 24.1 Å². The Morgan fingerprint density at radius 2 is 2.22 bits per heavy atom. The second kappa shape index (κ2) is 6.88. The molecule has 2 fully saturated rings. The topological polar surface area (TPSA) is 74.2 Å². The number of halogens is 1. The Hall–Kier alpha value is -1.61. The highest BCUT2D eigenvalue weighted by Gasteiger charge is 2.41. The Bertz CT molecular complexity index is 639. The molecule has 1 aromatic rings. The highest BCUT2D eigenvalue weighted by atomic mass is 35.5. The van der Waals surface area contributed by atoms with E-state index >= 15 is 0 Å². The lowest BCUT2D eigenvalue weighted by Crippen LogP contribution is -2.47. The van der Waals surface area contributed by atoms with Crippen molar-refractivity contribution in [1.82, 2.24) is 5.32 Å². The predicted octanol–water partition coefficient (Wildman–Crippen LogP) is 2.70. The Labute approximate surface area is 141 Å². The summed E-state index contributed by atoms with van der Waals surface area (Å²) >= 11 is 5.98. The van der Waals surface area contributed by atoms with Crippen molar-refractivity contribution in [3.05, 3.63) is 28.8 Å². The van der Waals surface area contributed by atoms with Crippen molar-refractivity contribution in [3.8, 4) is 6.07 Å². The molecule has 1 saturated heterocycles. The van der Waals surface area contributed by atoms with Gasteiger partial charge in [-0.15, -0.1) is 0 Å². The number of hydrogen-bond donors (Lipinski definition) is 2. The van der Waals surface area contributed by atoms with E-state index in [9.17, 15) is 4.79 Å². The molecular formula is C17H20ClN3O2. The van der Waals surface area contributed by atoms with Gasteiger partial charge < -0.3 is 15.4 Å². The van der Waals surface area contributed by atoms with Gasteiger partial charge in [0.2, 0.25) is 5.91 Å². The molecule has 2 N–H and O–H groups in total. The Kier molecular flexibility index (Phi) is 4.86. The second-order valence-corrected chi connectivity index (χ2v) is 6.66. The van der Waals surface area contributed by atoms with Crippen LogP contribution in [0.25, 0.3) is 0 Å². The van der Waals surface area contributed by atoms with E-state index in [1.54, 1.807) is 18.2 Å². The van der Waals surface area contributed by atoms with Crippen LogP contribution in [0.4, 0.5) is 5.69 Å². The Morgan fingerprint density at radius 3 is 2.87 bits per heavy atom. The van der Waals surface area contributed by atoms with Crippen LogP contribution >= 0.6 is 11.6 Å². The zero-order chi connectivity index (χ0) is 16.4. The quantitative estimate of drug-likeness (QED) is 0.868. The largest absolute Gasteiger partial charge is 0.376 e. The van der Waals surface area contributed by atoms with Gasteiger partial charge in [0.25, 0.3) is 0 Å². The van der Waals surface area contributed by atoms with Crippen molar-refractivity contribution in [2.24, 2.45) is 5.92 Å². The van der Waals surface area contributed by atoms with E-state index in [2.05, 4.69) is 10.6 Å². The molecule has 3 unspecified atom stereocenters. The van der Waals surface area contributed by atoms with E-state index in [1.807, 2.05) is 13.0 Å². The van der Waals surface area contributed by atoms with Crippen LogP contribution in [0.5, 0.6) is 0 Å². The maximum Gasteiger partial charge on any atom is 0.241 e. The fourth-order valence-corrected chi connectivity index (χ4v) is 3.23. The van der Waals surface area contributed by atoms with E-state index < -0.39 is 0 Å². The van der Waals surface area contributed by atoms with Crippen LogP contribution in [0.1, 0.15) is 31.7 Å². The minimum absolute atomic E-state index is 0.118. The van der Waals surface area contributed by atoms with Crippen molar-refractivity contribution in [2.45, 2.75) is 44.4 Å². The molecule has 3 rings (SSSR count). The molecule has 5 nitrogen and oxygen atoms in total. The minimum atomic E-state index is -0.322. The first-order chi connectivity index (χ1) is 11.1. The summed E-state index contributed by atoms with van der Waals surface area (Å²) in [5.41, 5.74) is 0.986. The number of ether oxygens (including phenoxy) is 1. The normalized spacial score (nSPS) is 24.9. The smallest absolute Gasteiger partial charge is 0.241 e. The van der Waals surface area contributed by atoms with Crippen molar-refractivity contribution < 1.29 is 9.53 Å². The summed E-state index contributed by atoms with van der Waals surface area (Å²) in [4.78, 5) is 12.3. The van der Waals surface area contributed by atoms with Crippen LogP contribution in [-0.2, 0) is 9.53 Å². The van der Waals surface area contributed by atoms with Crippen LogP contribution in [0, 0.1) is 17.2 Å². The first-order valence-electron chi connectivity index (χ1n) is 7.96. The SMILES string of the molecule is CC(NC1CCOC1C1CC1)C(=O)Nc1ccc(C#N)c(Cl)c1. The first kappa shape index (κ1) is 16.3. The molecule has 2 aliphatic rings. The maximum absolute atomic E-state index is 12.3. The molecular weight excluding hydrogens is 314 g/mol. The lowest BCUT2D eigenvalue weighted by Gasteiger charge is -2.23. The van der Waals surface area contributed by atoms with E-state index in [1.165, 1.54) is 12.8 Å². The average Bonchev–Trinajstić information content (AvgIpc) is 3.27. The first-order valence-corrected chi connectivity index (χ1v) is 8.34. The van der Waals surface area contributed by atoms with Gasteiger partial charge in [0, 0.05) is 18.3 Å². The van der Waals surface area contributed by atoms with Gasteiger partial charge in [0.1, 0.15) is 6.07 Å². The average molecular weight is 334 g/mol. The molecule has 1 heterocycles. The number of rotatable bonds is 5. The van der Waals surface area contributed by atoms with E-state index in [0.29, 0.717) is 22.2 Å². The van der Waals surface area contributed by atoms with Crippen LogP contribution in [0.2, 0.25) is 5.02 Å². The highest BCUT2D eigenvalue weighted by molar-refractivity contribution is 6.32.